The van der Waals surface area contributed by atoms with Crippen LogP contribution in [0.1, 0.15) is 0 Å². The van der Waals surface area contributed by atoms with E-state index in [0.717, 1.165) is 0 Å². The fourth-order valence-electron chi connectivity index (χ4n) is 0.573. The molecule has 1 aromatic rings. The molecule has 1 radical (unpaired) electrons. The average Bonchev–Trinajstić information content (AvgIpc) is 1.85. The van der Waals surface area contributed by atoms with Crippen LogP contribution in [0, 0.1) is 6.07 Å². The van der Waals surface area contributed by atoms with Crippen LogP contribution in [0.25, 0.3) is 0 Å². The van der Waals surface area contributed by atoms with Crippen molar-refractivity contribution < 1.29 is 13.5 Å². The second kappa shape index (κ2) is 3.05. The van der Waals surface area contributed by atoms with Crippen LogP contribution in [0.4, 0.5) is 8.78 Å². The van der Waals surface area contributed by atoms with Gasteiger partial charge >= 0.3 is 5.57 Å². The lowest BCUT2D eigenvalue weighted by molar-refractivity contribution is -0.0964. The van der Waals surface area contributed by atoms with E-state index in [2.05, 4.69) is 22.4 Å². The maximum absolute atomic E-state index is 11.9. The molecular formula is C7H4ClF2O. The van der Waals surface area contributed by atoms with E-state index in [1.54, 1.807) is 0 Å². The van der Waals surface area contributed by atoms with E-state index < -0.39 is 5.57 Å². The summed E-state index contributed by atoms with van der Waals surface area (Å²) in [6.45, 7) is 0. The molecule has 0 bridgehead atoms. The van der Waals surface area contributed by atoms with Crippen molar-refractivity contribution in [3.05, 3.63) is 30.3 Å². The SMILES string of the molecule is FC(F)(Cl)Oc1cc[c]cc1. The first-order chi connectivity index (χ1) is 5.08. The highest BCUT2D eigenvalue weighted by molar-refractivity contribution is 6.20. The van der Waals surface area contributed by atoms with Crippen LogP contribution in [0.2, 0.25) is 0 Å². The monoisotopic (exact) mass is 177 g/mol. The molecule has 0 fully saturated rings. The van der Waals surface area contributed by atoms with E-state index in [9.17, 15) is 8.78 Å². The van der Waals surface area contributed by atoms with Crippen molar-refractivity contribution in [1.82, 2.24) is 0 Å². The van der Waals surface area contributed by atoms with Gasteiger partial charge in [-0.15, -0.1) is 8.78 Å². The Morgan fingerprint density at radius 3 is 2.36 bits per heavy atom. The molecule has 0 spiro atoms. The molecule has 1 aromatic carbocycles. The van der Waals surface area contributed by atoms with Gasteiger partial charge in [0.15, 0.2) is 0 Å². The van der Waals surface area contributed by atoms with Crippen LogP contribution in [0.5, 0.6) is 5.75 Å². The van der Waals surface area contributed by atoms with Gasteiger partial charge in [-0.25, -0.2) is 0 Å². The Balaban J connectivity index is 2.66. The summed E-state index contributed by atoms with van der Waals surface area (Å²) in [7, 11) is 0. The second-order valence-corrected chi connectivity index (χ2v) is 2.22. The first-order valence-corrected chi connectivity index (χ1v) is 3.17. The highest BCUT2D eigenvalue weighted by Gasteiger charge is 2.27. The van der Waals surface area contributed by atoms with E-state index in [1.807, 2.05) is 0 Å². The van der Waals surface area contributed by atoms with Crippen LogP contribution in [-0.4, -0.2) is 5.57 Å². The topological polar surface area (TPSA) is 9.23 Å². The third-order valence-electron chi connectivity index (χ3n) is 0.921. The summed E-state index contributed by atoms with van der Waals surface area (Å²) in [4.78, 5) is 0. The Bertz CT molecular complexity index is 220. The van der Waals surface area contributed by atoms with Gasteiger partial charge in [-0.3, -0.25) is 0 Å². The Hall–Kier alpha value is -0.830. The molecule has 0 saturated carbocycles. The molecule has 11 heavy (non-hydrogen) atoms. The lowest BCUT2D eigenvalue weighted by Gasteiger charge is -2.09. The Morgan fingerprint density at radius 2 is 1.91 bits per heavy atom. The normalized spacial score (nSPS) is 11.2. The fraction of sp³-hybridized carbons (Fsp3) is 0.143. The van der Waals surface area contributed by atoms with Gasteiger partial charge in [-0.1, -0.05) is 12.1 Å². The summed E-state index contributed by atoms with van der Waals surface area (Å²) in [6, 6.07) is 8.25. The predicted octanol–water partition coefficient (Wildman–Crippen LogP) is 2.65. The minimum atomic E-state index is -3.64. The third-order valence-corrected chi connectivity index (χ3v) is 0.998. The molecule has 0 atom stereocenters. The van der Waals surface area contributed by atoms with Crippen LogP contribution in [0.3, 0.4) is 0 Å². The van der Waals surface area contributed by atoms with Gasteiger partial charge < -0.3 is 4.74 Å². The van der Waals surface area contributed by atoms with Crippen LogP contribution >= 0.6 is 11.6 Å². The number of alkyl halides is 3. The molecule has 0 amide bonds. The second-order valence-electron chi connectivity index (χ2n) is 1.78. The largest absolute Gasteiger partial charge is 0.487 e. The molecule has 1 rings (SSSR count). The summed E-state index contributed by atoms with van der Waals surface area (Å²) in [5.74, 6) is 0.0174. The van der Waals surface area contributed by atoms with Gasteiger partial charge in [-0.05, 0) is 18.2 Å². The Morgan fingerprint density at radius 1 is 1.36 bits per heavy atom. The summed E-state index contributed by atoms with van der Waals surface area (Å²) in [6.07, 6.45) is 0. The molecule has 0 aliphatic heterocycles. The summed E-state index contributed by atoms with van der Waals surface area (Å²) in [5.41, 5.74) is -3.64. The van der Waals surface area contributed by atoms with Gasteiger partial charge in [0.1, 0.15) is 5.75 Å². The van der Waals surface area contributed by atoms with Gasteiger partial charge in [-0.2, -0.15) is 0 Å². The zero-order chi connectivity index (χ0) is 8.32. The standard InChI is InChI=1S/C7H4ClF2O/c8-7(9,10)11-6-4-2-1-3-5-6/h2-5H. The quantitative estimate of drug-likeness (QED) is 0.631. The van der Waals surface area contributed by atoms with Crippen molar-refractivity contribution in [2.24, 2.45) is 0 Å². The highest BCUT2D eigenvalue weighted by atomic mass is 35.5. The summed E-state index contributed by atoms with van der Waals surface area (Å²) >= 11 is 4.50. The number of rotatable bonds is 2. The molecule has 0 aromatic heterocycles. The summed E-state index contributed by atoms with van der Waals surface area (Å²) in [5, 5.41) is 0. The lowest BCUT2D eigenvalue weighted by atomic mass is 10.3. The van der Waals surface area contributed by atoms with Crippen LogP contribution in [0.15, 0.2) is 24.3 Å². The van der Waals surface area contributed by atoms with Crippen molar-refractivity contribution in [2.75, 3.05) is 0 Å². The van der Waals surface area contributed by atoms with E-state index in [1.165, 1.54) is 24.3 Å². The number of halogens is 3. The van der Waals surface area contributed by atoms with E-state index >= 15 is 0 Å². The first kappa shape index (κ1) is 8.27. The molecular weight excluding hydrogens is 174 g/mol. The van der Waals surface area contributed by atoms with Gasteiger partial charge in [0.05, 0.1) is 0 Å². The number of hydrogen-bond donors (Lipinski definition) is 0. The summed E-state index contributed by atoms with van der Waals surface area (Å²) < 4.78 is 27.9. The predicted molar refractivity (Wildman–Crippen MR) is 36.7 cm³/mol. The molecule has 0 aliphatic carbocycles. The average molecular weight is 178 g/mol. The molecule has 0 aliphatic rings. The van der Waals surface area contributed by atoms with Gasteiger partial charge in [0.25, 0.3) is 0 Å². The zero-order valence-electron chi connectivity index (χ0n) is 5.35. The van der Waals surface area contributed by atoms with E-state index in [-0.39, 0.29) is 5.75 Å². The molecule has 0 N–H and O–H groups in total. The number of ether oxygens (including phenoxy) is 1. The van der Waals surface area contributed by atoms with E-state index in [4.69, 9.17) is 0 Å². The smallest absolute Gasteiger partial charge is 0.420 e. The number of hydrogen-bond acceptors (Lipinski definition) is 1. The molecule has 0 unspecified atom stereocenters. The Labute approximate surface area is 67.5 Å². The van der Waals surface area contributed by atoms with Crippen molar-refractivity contribution in [1.29, 1.82) is 0 Å². The van der Waals surface area contributed by atoms with Gasteiger partial charge in [0.2, 0.25) is 0 Å². The van der Waals surface area contributed by atoms with Crippen LogP contribution in [-0.2, 0) is 0 Å². The number of benzene rings is 1. The molecule has 0 heterocycles. The van der Waals surface area contributed by atoms with Crippen molar-refractivity contribution in [3.63, 3.8) is 0 Å². The Kier molecular flexibility index (Phi) is 2.29. The van der Waals surface area contributed by atoms with E-state index in [0.29, 0.717) is 0 Å². The minimum absolute atomic E-state index is 0.0174. The molecule has 1 nitrogen and oxygen atoms in total. The first-order valence-electron chi connectivity index (χ1n) is 2.80. The van der Waals surface area contributed by atoms with Gasteiger partial charge in [0, 0.05) is 11.6 Å². The fourth-order valence-corrected chi connectivity index (χ4v) is 0.662. The maximum atomic E-state index is 11.9. The maximum Gasteiger partial charge on any atom is 0.487 e. The lowest BCUT2D eigenvalue weighted by Crippen LogP contribution is -2.15. The minimum Gasteiger partial charge on any atom is -0.420 e. The van der Waals surface area contributed by atoms with Crippen molar-refractivity contribution in [3.8, 4) is 5.75 Å². The third kappa shape index (κ3) is 3.18. The molecule has 0 saturated heterocycles. The molecule has 4 heteroatoms. The van der Waals surface area contributed by atoms with Crippen molar-refractivity contribution >= 4 is 11.6 Å². The molecule has 59 valence electrons. The van der Waals surface area contributed by atoms with Crippen LogP contribution < -0.4 is 4.74 Å². The highest BCUT2D eigenvalue weighted by Crippen LogP contribution is 2.23. The van der Waals surface area contributed by atoms with Crippen molar-refractivity contribution in [2.45, 2.75) is 5.57 Å². The zero-order valence-corrected chi connectivity index (χ0v) is 6.11.